The molecule has 1 unspecified atom stereocenters. The van der Waals surface area contributed by atoms with Crippen molar-refractivity contribution in [2.24, 2.45) is 0 Å². The van der Waals surface area contributed by atoms with Crippen LogP contribution in [0.3, 0.4) is 0 Å². The van der Waals surface area contributed by atoms with E-state index in [2.05, 4.69) is 22.5 Å². The summed E-state index contributed by atoms with van der Waals surface area (Å²) in [5.74, 6) is -0.0318. The Labute approximate surface area is 196 Å². The minimum atomic E-state index is -0.305. The number of carbonyl (C=O) groups is 1. The fourth-order valence-corrected chi connectivity index (χ4v) is 5.64. The van der Waals surface area contributed by atoms with E-state index in [4.69, 9.17) is 16.3 Å². The Hall–Kier alpha value is -2.25. The molecule has 2 aliphatic heterocycles. The molecule has 0 radical (unpaired) electrons. The minimum Gasteiger partial charge on any atom is -0.393 e. The molecule has 1 aromatic carbocycles. The Morgan fingerprint density at radius 3 is 2.72 bits per heavy atom. The monoisotopic (exact) mass is 468 g/mol. The Balaban J connectivity index is 1.35. The standard InChI is InChI=1S/C25H25ClN2O3S/c26-21-12-17(25(30)28-9-6-19(29)7-10-28)3-4-20(21)24-14-18(15-32-24)16-5-8-27-22(13-16)23-2-1-11-31-23/h3-5,8,12-15,19,23,29H,1-2,6-7,9-11H2. The molecule has 0 saturated carbocycles. The van der Waals surface area contributed by atoms with Gasteiger partial charge in [-0.3, -0.25) is 9.78 Å². The van der Waals surface area contributed by atoms with Crippen LogP contribution in [0, 0.1) is 0 Å². The SMILES string of the molecule is O=C(c1ccc(-c2cc(-c3ccnc(C4CCCO4)c3)cs2)c(Cl)c1)N1CCC(O)CC1. The smallest absolute Gasteiger partial charge is 0.253 e. The lowest BCUT2D eigenvalue weighted by Crippen LogP contribution is -2.40. The molecule has 0 spiro atoms. The largest absolute Gasteiger partial charge is 0.393 e. The number of aromatic nitrogens is 1. The van der Waals surface area contributed by atoms with E-state index in [1.807, 2.05) is 24.4 Å². The predicted molar refractivity (Wildman–Crippen MR) is 127 cm³/mol. The average Bonchev–Trinajstić information content (AvgIpc) is 3.52. The van der Waals surface area contributed by atoms with E-state index in [1.165, 1.54) is 0 Å². The van der Waals surface area contributed by atoms with Gasteiger partial charge >= 0.3 is 0 Å². The first kappa shape index (κ1) is 21.6. The molecule has 7 heteroatoms. The van der Waals surface area contributed by atoms with Crippen molar-refractivity contribution < 1.29 is 14.6 Å². The number of likely N-dealkylation sites (tertiary alicyclic amines) is 1. The summed E-state index contributed by atoms with van der Waals surface area (Å²) < 4.78 is 5.78. The first-order valence-corrected chi connectivity index (χ1v) is 12.3. The van der Waals surface area contributed by atoms with E-state index in [0.29, 0.717) is 36.5 Å². The lowest BCUT2D eigenvalue weighted by molar-refractivity contribution is 0.0546. The number of nitrogens with zero attached hydrogens (tertiary/aromatic N) is 2. The van der Waals surface area contributed by atoms with Gasteiger partial charge in [-0.1, -0.05) is 17.7 Å². The molecule has 5 rings (SSSR count). The number of aliphatic hydroxyl groups is 1. The Morgan fingerprint density at radius 2 is 1.97 bits per heavy atom. The van der Waals surface area contributed by atoms with Crippen LogP contribution in [0.25, 0.3) is 21.6 Å². The van der Waals surface area contributed by atoms with Crippen LogP contribution in [0.15, 0.2) is 48.0 Å². The lowest BCUT2D eigenvalue weighted by atomic mass is 10.0. The maximum atomic E-state index is 12.8. The van der Waals surface area contributed by atoms with Crippen molar-refractivity contribution >= 4 is 28.8 Å². The fourth-order valence-electron chi connectivity index (χ4n) is 4.34. The molecule has 0 bridgehead atoms. The maximum Gasteiger partial charge on any atom is 0.253 e. The number of hydrogen-bond acceptors (Lipinski definition) is 5. The number of carbonyl (C=O) groups excluding carboxylic acids is 1. The third kappa shape index (κ3) is 4.46. The zero-order chi connectivity index (χ0) is 22.1. The number of rotatable bonds is 4. The number of halogens is 1. The highest BCUT2D eigenvalue weighted by Crippen LogP contribution is 2.38. The third-order valence-corrected chi connectivity index (χ3v) is 7.48. The molecule has 2 aliphatic rings. The first-order chi connectivity index (χ1) is 15.6. The van der Waals surface area contributed by atoms with Gasteiger partial charge in [0.05, 0.1) is 22.9 Å². The number of benzene rings is 1. The molecule has 2 fully saturated rings. The second kappa shape index (κ2) is 9.32. The quantitative estimate of drug-likeness (QED) is 0.543. The van der Waals surface area contributed by atoms with Crippen molar-refractivity contribution in [2.45, 2.75) is 37.9 Å². The number of thiophene rings is 1. The topological polar surface area (TPSA) is 62.7 Å². The molecule has 2 aromatic heterocycles. The van der Waals surface area contributed by atoms with Crippen molar-refractivity contribution in [1.29, 1.82) is 0 Å². The Bertz CT molecular complexity index is 1120. The van der Waals surface area contributed by atoms with Gasteiger partial charge in [0, 0.05) is 41.9 Å². The summed E-state index contributed by atoms with van der Waals surface area (Å²) in [7, 11) is 0. The maximum absolute atomic E-state index is 12.8. The van der Waals surface area contributed by atoms with Crippen molar-refractivity contribution in [3.05, 3.63) is 64.3 Å². The van der Waals surface area contributed by atoms with Crippen LogP contribution in [0.5, 0.6) is 0 Å². The van der Waals surface area contributed by atoms with Crippen LogP contribution in [0.4, 0.5) is 0 Å². The number of aliphatic hydroxyl groups excluding tert-OH is 1. The number of ether oxygens (including phenoxy) is 1. The van der Waals surface area contributed by atoms with Crippen LogP contribution in [0.2, 0.25) is 5.02 Å². The highest BCUT2D eigenvalue weighted by Gasteiger charge is 2.23. The molecule has 5 nitrogen and oxygen atoms in total. The van der Waals surface area contributed by atoms with Gasteiger partial charge in [0.2, 0.25) is 0 Å². The number of amides is 1. The molecular formula is C25H25ClN2O3S. The molecular weight excluding hydrogens is 444 g/mol. The molecule has 1 atom stereocenters. The summed E-state index contributed by atoms with van der Waals surface area (Å²) in [6.45, 7) is 1.96. The zero-order valence-corrected chi connectivity index (χ0v) is 19.2. The van der Waals surface area contributed by atoms with Crippen LogP contribution >= 0.6 is 22.9 Å². The molecule has 166 valence electrons. The molecule has 4 heterocycles. The summed E-state index contributed by atoms with van der Waals surface area (Å²) in [5.41, 5.74) is 4.72. The first-order valence-electron chi connectivity index (χ1n) is 11.0. The van der Waals surface area contributed by atoms with Gasteiger partial charge in [0.25, 0.3) is 5.91 Å². The molecule has 0 aliphatic carbocycles. The van der Waals surface area contributed by atoms with E-state index in [1.54, 1.807) is 22.3 Å². The van der Waals surface area contributed by atoms with Crippen molar-refractivity contribution in [3.8, 4) is 21.6 Å². The molecule has 3 aromatic rings. The van der Waals surface area contributed by atoms with Crippen molar-refractivity contribution in [3.63, 3.8) is 0 Å². The molecule has 32 heavy (non-hydrogen) atoms. The minimum absolute atomic E-state index is 0.0318. The second-order valence-corrected chi connectivity index (χ2v) is 9.71. The summed E-state index contributed by atoms with van der Waals surface area (Å²) >= 11 is 8.24. The van der Waals surface area contributed by atoms with Gasteiger partial charge < -0.3 is 14.7 Å². The van der Waals surface area contributed by atoms with E-state index in [9.17, 15) is 9.90 Å². The second-order valence-electron chi connectivity index (χ2n) is 8.39. The zero-order valence-electron chi connectivity index (χ0n) is 17.7. The summed E-state index contributed by atoms with van der Waals surface area (Å²) in [6.07, 6.45) is 4.98. The summed E-state index contributed by atoms with van der Waals surface area (Å²) in [5, 5.41) is 12.4. The van der Waals surface area contributed by atoms with E-state index >= 15 is 0 Å². The third-order valence-electron chi connectivity index (χ3n) is 6.21. The van der Waals surface area contributed by atoms with Gasteiger partial charge in [0.15, 0.2) is 0 Å². The van der Waals surface area contributed by atoms with E-state index in [0.717, 1.165) is 46.7 Å². The van der Waals surface area contributed by atoms with Crippen LogP contribution < -0.4 is 0 Å². The molecule has 2 saturated heterocycles. The Morgan fingerprint density at radius 1 is 1.12 bits per heavy atom. The van der Waals surface area contributed by atoms with Crippen LogP contribution in [-0.2, 0) is 4.74 Å². The van der Waals surface area contributed by atoms with Gasteiger partial charge in [-0.2, -0.15) is 0 Å². The summed E-state index contributed by atoms with van der Waals surface area (Å²) in [4.78, 5) is 20.2. The van der Waals surface area contributed by atoms with Gasteiger partial charge in [-0.05, 0) is 72.5 Å². The van der Waals surface area contributed by atoms with Crippen molar-refractivity contribution in [2.75, 3.05) is 19.7 Å². The predicted octanol–water partition coefficient (Wildman–Crippen LogP) is 5.58. The van der Waals surface area contributed by atoms with Crippen LogP contribution in [-0.4, -0.2) is 46.7 Å². The Kier molecular flexibility index (Phi) is 6.28. The van der Waals surface area contributed by atoms with E-state index < -0.39 is 0 Å². The molecule has 1 amide bonds. The number of pyridine rings is 1. The highest BCUT2D eigenvalue weighted by molar-refractivity contribution is 7.14. The number of piperidine rings is 1. The van der Waals surface area contributed by atoms with Gasteiger partial charge in [-0.15, -0.1) is 11.3 Å². The van der Waals surface area contributed by atoms with E-state index in [-0.39, 0.29) is 18.1 Å². The number of hydrogen-bond donors (Lipinski definition) is 1. The average molecular weight is 469 g/mol. The van der Waals surface area contributed by atoms with Gasteiger partial charge in [-0.25, -0.2) is 0 Å². The normalized spacial score (nSPS) is 19.4. The van der Waals surface area contributed by atoms with Crippen molar-refractivity contribution in [1.82, 2.24) is 9.88 Å². The van der Waals surface area contributed by atoms with Crippen LogP contribution in [0.1, 0.15) is 47.8 Å². The summed E-state index contributed by atoms with van der Waals surface area (Å²) in [6, 6.07) is 11.8. The fraction of sp³-hybridized carbons (Fsp3) is 0.360. The van der Waals surface area contributed by atoms with Gasteiger partial charge in [0.1, 0.15) is 0 Å². The lowest BCUT2D eigenvalue weighted by Gasteiger charge is -2.29. The molecule has 1 N–H and O–H groups in total. The highest BCUT2D eigenvalue weighted by atomic mass is 35.5.